The van der Waals surface area contributed by atoms with Crippen LogP contribution >= 0.6 is 0 Å². The molecule has 4 nitrogen and oxygen atoms in total. The van der Waals surface area contributed by atoms with Gasteiger partial charge >= 0.3 is 6.18 Å². The Morgan fingerprint density at radius 3 is 2.14 bits per heavy atom. The largest absolute Gasteiger partial charge is 0.416 e. The highest BCUT2D eigenvalue weighted by Gasteiger charge is 2.30. The molecule has 0 radical (unpaired) electrons. The van der Waals surface area contributed by atoms with E-state index in [1.165, 1.54) is 17.2 Å². The predicted molar refractivity (Wildman–Crippen MR) is 137 cm³/mol. The molecule has 0 aliphatic heterocycles. The smallest absolute Gasteiger partial charge is 0.338 e. The molecule has 4 aromatic carbocycles. The molecule has 0 saturated heterocycles. The van der Waals surface area contributed by atoms with Crippen molar-refractivity contribution in [3.05, 3.63) is 113 Å². The average molecular weight is 487 g/mol. The number of aromatic nitrogens is 2. The SMILES string of the molecule is NCc1ccc(CNCc2cccc(-c3ccc(-c4nc5ccc(C(F)(F)F)cc5[nH]4)cc3)c2)cc1. The van der Waals surface area contributed by atoms with E-state index < -0.39 is 11.7 Å². The van der Waals surface area contributed by atoms with Crippen molar-refractivity contribution < 1.29 is 13.2 Å². The van der Waals surface area contributed by atoms with Crippen LogP contribution in [-0.4, -0.2) is 9.97 Å². The molecule has 1 aromatic heterocycles. The van der Waals surface area contributed by atoms with Gasteiger partial charge in [-0.2, -0.15) is 13.2 Å². The van der Waals surface area contributed by atoms with Crippen LogP contribution in [0.25, 0.3) is 33.5 Å². The van der Waals surface area contributed by atoms with Crippen molar-refractivity contribution in [3.63, 3.8) is 0 Å². The molecule has 182 valence electrons. The number of nitrogens with two attached hydrogens (primary N) is 1. The predicted octanol–water partition coefficient (Wildman–Crippen LogP) is 6.66. The second-order valence-electron chi connectivity index (χ2n) is 8.72. The number of imidazole rings is 1. The highest BCUT2D eigenvalue weighted by atomic mass is 19.4. The number of benzene rings is 4. The van der Waals surface area contributed by atoms with Gasteiger partial charge in [0.05, 0.1) is 16.6 Å². The van der Waals surface area contributed by atoms with Crippen LogP contribution in [0, 0.1) is 0 Å². The lowest BCUT2D eigenvalue weighted by Crippen LogP contribution is -2.12. The number of fused-ring (bicyclic) bond motifs is 1. The summed E-state index contributed by atoms with van der Waals surface area (Å²) in [5.41, 5.74) is 12.3. The van der Waals surface area contributed by atoms with E-state index in [2.05, 4.69) is 45.6 Å². The number of nitrogens with zero attached hydrogens (tertiary/aromatic N) is 1. The Kier molecular flexibility index (Phi) is 6.59. The number of hydrogen-bond acceptors (Lipinski definition) is 3. The van der Waals surface area contributed by atoms with E-state index in [0.29, 0.717) is 23.4 Å². The van der Waals surface area contributed by atoms with E-state index in [1.807, 2.05) is 42.5 Å². The van der Waals surface area contributed by atoms with Gasteiger partial charge in [0, 0.05) is 25.2 Å². The van der Waals surface area contributed by atoms with E-state index in [4.69, 9.17) is 5.73 Å². The first-order valence-electron chi connectivity index (χ1n) is 11.6. The van der Waals surface area contributed by atoms with Crippen LogP contribution in [0.2, 0.25) is 0 Å². The molecular weight excluding hydrogens is 461 g/mol. The lowest BCUT2D eigenvalue weighted by molar-refractivity contribution is -0.137. The van der Waals surface area contributed by atoms with Crippen LogP contribution in [-0.2, 0) is 25.8 Å². The van der Waals surface area contributed by atoms with Crippen molar-refractivity contribution in [3.8, 4) is 22.5 Å². The summed E-state index contributed by atoms with van der Waals surface area (Å²) < 4.78 is 39.0. The minimum atomic E-state index is -4.39. The second kappa shape index (κ2) is 9.97. The molecule has 0 amide bonds. The van der Waals surface area contributed by atoms with Crippen molar-refractivity contribution in [1.82, 2.24) is 15.3 Å². The van der Waals surface area contributed by atoms with E-state index in [1.54, 1.807) is 0 Å². The third-order valence-electron chi connectivity index (χ3n) is 6.14. The molecule has 0 aliphatic rings. The Balaban J connectivity index is 1.27. The third-order valence-corrected chi connectivity index (χ3v) is 6.14. The van der Waals surface area contributed by atoms with Gasteiger partial charge in [0.15, 0.2) is 0 Å². The zero-order valence-corrected chi connectivity index (χ0v) is 19.4. The van der Waals surface area contributed by atoms with E-state index in [-0.39, 0.29) is 0 Å². The maximum atomic E-state index is 13.0. The van der Waals surface area contributed by atoms with Crippen molar-refractivity contribution >= 4 is 11.0 Å². The summed E-state index contributed by atoms with van der Waals surface area (Å²) in [4.78, 5) is 7.46. The van der Waals surface area contributed by atoms with Crippen LogP contribution in [0.3, 0.4) is 0 Å². The standard InChI is InChI=1S/C29H25F3N4/c30-29(31,32)25-12-13-26-27(15-25)36-28(35-26)23-10-8-22(9-11-23)24-3-1-2-21(14-24)18-34-17-20-6-4-19(16-33)5-7-20/h1-15,34H,16-18,33H2,(H,35,36). The number of nitrogens with one attached hydrogen (secondary N) is 2. The molecule has 0 saturated carbocycles. The van der Waals surface area contributed by atoms with Gasteiger partial charge in [0.2, 0.25) is 0 Å². The molecule has 36 heavy (non-hydrogen) atoms. The van der Waals surface area contributed by atoms with Gasteiger partial charge in [-0.25, -0.2) is 4.98 Å². The number of rotatable bonds is 7. The van der Waals surface area contributed by atoms with Crippen molar-refractivity contribution in [2.45, 2.75) is 25.8 Å². The minimum absolute atomic E-state index is 0.361. The molecule has 5 aromatic rings. The summed E-state index contributed by atoms with van der Waals surface area (Å²) in [6.07, 6.45) is -4.39. The Labute approximate surface area is 207 Å². The summed E-state index contributed by atoms with van der Waals surface area (Å²) in [5, 5.41) is 3.48. The number of H-pyrrole nitrogens is 1. The molecule has 5 rings (SSSR count). The fourth-order valence-electron chi connectivity index (χ4n) is 4.15. The monoisotopic (exact) mass is 486 g/mol. The fourth-order valence-corrected chi connectivity index (χ4v) is 4.15. The first kappa shape index (κ1) is 23.8. The van der Waals surface area contributed by atoms with Gasteiger partial charge in [-0.3, -0.25) is 0 Å². The van der Waals surface area contributed by atoms with Crippen LogP contribution < -0.4 is 11.1 Å². The highest BCUT2D eigenvalue weighted by molar-refractivity contribution is 5.80. The topological polar surface area (TPSA) is 66.7 Å². The van der Waals surface area contributed by atoms with Crippen molar-refractivity contribution in [1.29, 1.82) is 0 Å². The quantitative estimate of drug-likeness (QED) is 0.241. The maximum absolute atomic E-state index is 13.0. The summed E-state index contributed by atoms with van der Waals surface area (Å²) in [7, 11) is 0. The molecule has 0 aliphatic carbocycles. The normalized spacial score (nSPS) is 11.8. The molecule has 4 N–H and O–H groups in total. The number of alkyl halides is 3. The molecular formula is C29H25F3N4. The Hall–Kier alpha value is -3.94. The lowest BCUT2D eigenvalue weighted by atomic mass is 10.0. The molecule has 1 heterocycles. The third kappa shape index (κ3) is 5.32. The lowest BCUT2D eigenvalue weighted by Gasteiger charge is -2.09. The molecule has 0 fully saturated rings. The summed E-state index contributed by atoms with van der Waals surface area (Å²) >= 11 is 0. The van der Waals surface area contributed by atoms with Crippen LogP contribution in [0.1, 0.15) is 22.3 Å². The maximum Gasteiger partial charge on any atom is 0.416 e. The second-order valence-corrected chi connectivity index (χ2v) is 8.72. The van der Waals surface area contributed by atoms with E-state index >= 15 is 0 Å². The highest BCUT2D eigenvalue weighted by Crippen LogP contribution is 2.32. The van der Waals surface area contributed by atoms with Crippen molar-refractivity contribution in [2.24, 2.45) is 5.73 Å². The van der Waals surface area contributed by atoms with E-state index in [9.17, 15) is 13.2 Å². The summed E-state index contributed by atoms with van der Waals surface area (Å²) in [6.45, 7) is 2.05. The Morgan fingerprint density at radius 1 is 0.722 bits per heavy atom. The van der Waals surface area contributed by atoms with Gasteiger partial charge in [0.1, 0.15) is 5.82 Å². The van der Waals surface area contributed by atoms with Gasteiger partial charge in [-0.1, -0.05) is 66.7 Å². The molecule has 0 bridgehead atoms. The first-order valence-corrected chi connectivity index (χ1v) is 11.6. The van der Waals surface area contributed by atoms with Gasteiger partial charge in [0.25, 0.3) is 0 Å². The van der Waals surface area contributed by atoms with Crippen LogP contribution in [0.4, 0.5) is 13.2 Å². The molecule has 7 heteroatoms. The van der Waals surface area contributed by atoms with E-state index in [0.717, 1.165) is 47.5 Å². The van der Waals surface area contributed by atoms with Crippen LogP contribution in [0.15, 0.2) is 91.0 Å². The fraction of sp³-hybridized carbons (Fsp3) is 0.138. The zero-order valence-electron chi connectivity index (χ0n) is 19.4. The Bertz CT molecular complexity index is 1470. The number of aromatic amines is 1. The zero-order chi connectivity index (χ0) is 25.1. The molecule has 0 atom stereocenters. The van der Waals surface area contributed by atoms with Gasteiger partial charge in [-0.15, -0.1) is 0 Å². The summed E-state index contributed by atoms with van der Waals surface area (Å²) in [5.74, 6) is 0.535. The van der Waals surface area contributed by atoms with Crippen LogP contribution in [0.5, 0.6) is 0 Å². The Morgan fingerprint density at radius 2 is 1.42 bits per heavy atom. The number of hydrogen-bond donors (Lipinski definition) is 3. The molecule has 0 spiro atoms. The van der Waals surface area contributed by atoms with Gasteiger partial charge in [-0.05, 0) is 52.1 Å². The summed E-state index contributed by atoms with van der Waals surface area (Å²) in [6, 6.07) is 28.0. The minimum Gasteiger partial charge on any atom is -0.338 e. The van der Waals surface area contributed by atoms with Gasteiger partial charge < -0.3 is 16.0 Å². The van der Waals surface area contributed by atoms with Crippen molar-refractivity contribution in [2.75, 3.05) is 0 Å². The number of halogens is 3. The average Bonchev–Trinajstić information content (AvgIpc) is 3.33. The first-order chi connectivity index (χ1) is 17.4. The molecule has 0 unspecified atom stereocenters.